The van der Waals surface area contributed by atoms with Gasteiger partial charge in [0.1, 0.15) is 5.82 Å². The normalized spacial score (nSPS) is 13.9. The van der Waals surface area contributed by atoms with Crippen molar-refractivity contribution in [2.45, 2.75) is 39.5 Å². The minimum atomic E-state index is 0.743. The number of aryl methyl sites for hydroxylation is 5. The Hall–Kier alpha value is -2.55. The summed E-state index contributed by atoms with van der Waals surface area (Å²) in [6, 6.07) is 0. The van der Waals surface area contributed by atoms with E-state index in [4.69, 9.17) is 4.98 Å². The molecule has 3 aromatic heterocycles. The summed E-state index contributed by atoms with van der Waals surface area (Å²) in [5, 5.41) is 9.15. The molecule has 0 atom stereocenters. The summed E-state index contributed by atoms with van der Waals surface area (Å²) in [5.41, 5.74) is 2.72. The van der Waals surface area contributed by atoms with Gasteiger partial charge in [0.05, 0.1) is 11.4 Å². The highest BCUT2D eigenvalue weighted by atomic mass is 16.4. The van der Waals surface area contributed by atoms with E-state index in [1.165, 1.54) is 12.8 Å². The van der Waals surface area contributed by atoms with Crippen LogP contribution < -0.4 is 4.90 Å². The highest BCUT2D eigenvalue weighted by molar-refractivity contribution is 5.43. The van der Waals surface area contributed by atoms with Crippen molar-refractivity contribution in [3.05, 3.63) is 29.2 Å². The van der Waals surface area contributed by atoms with E-state index in [-0.39, 0.29) is 0 Å². The van der Waals surface area contributed by atoms with Crippen LogP contribution in [0, 0.1) is 13.8 Å². The van der Waals surface area contributed by atoms with Gasteiger partial charge in [0.15, 0.2) is 11.5 Å². The molecule has 0 saturated carbocycles. The van der Waals surface area contributed by atoms with Gasteiger partial charge in [-0.25, -0.2) is 9.50 Å². The van der Waals surface area contributed by atoms with Crippen molar-refractivity contribution < 1.29 is 4.74 Å². The number of hydrogen-bond donors (Lipinski definition) is 0. The van der Waals surface area contributed by atoms with Crippen molar-refractivity contribution in [1.82, 2.24) is 34.3 Å². The first kappa shape index (κ1) is 19.2. The van der Waals surface area contributed by atoms with Crippen LogP contribution in [0.15, 0.2) is 6.20 Å². The number of nitrogens with zero attached hydrogens (tertiary/aromatic N) is 8. The number of ether oxygens (including phenoxy) is 1. The summed E-state index contributed by atoms with van der Waals surface area (Å²) in [6.07, 6.45) is 5.80. The number of rotatable bonds is 4. The van der Waals surface area contributed by atoms with Crippen LogP contribution in [0.5, 0.6) is 0 Å². The molecule has 1 aliphatic heterocycles. The monoisotopic (exact) mass is 372 g/mol. The molecule has 0 bridgehead atoms. The Morgan fingerprint density at radius 1 is 1.04 bits per heavy atom. The molecule has 0 aromatic carbocycles. The average Bonchev–Trinajstić information content (AvgIpc) is 3.37. The highest BCUT2D eigenvalue weighted by Crippen LogP contribution is 2.17. The van der Waals surface area contributed by atoms with Crippen molar-refractivity contribution >= 4 is 11.6 Å². The molecule has 1 fully saturated rings. The second-order valence-corrected chi connectivity index (χ2v) is 6.80. The largest absolute Gasteiger partial charge is 0.388 e. The first-order valence-electron chi connectivity index (χ1n) is 9.26. The maximum Gasteiger partial charge on any atom is 0.244 e. The Balaban J connectivity index is 0.000000659. The molecule has 0 N–H and O–H groups in total. The van der Waals surface area contributed by atoms with Crippen LogP contribution in [-0.4, -0.2) is 61.7 Å². The molecule has 0 aliphatic carbocycles. The molecule has 9 heteroatoms. The molecule has 146 valence electrons. The molecule has 0 spiro atoms. The van der Waals surface area contributed by atoms with E-state index in [0.717, 1.165) is 60.6 Å². The molecular formula is C18H28N8O. The molecule has 1 aliphatic rings. The molecule has 0 amide bonds. The number of anilines is 1. The van der Waals surface area contributed by atoms with Crippen molar-refractivity contribution in [2.75, 3.05) is 32.2 Å². The number of methoxy groups -OCH3 is 1. The number of hydrogen-bond acceptors (Lipinski definition) is 7. The number of fused-ring (bicyclic) bond motifs is 1. The summed E-state index contributed by atoms with van der Waals surface area (Å²) >= 11 is 0. The topological polar surface area (TPSA) is 86.3 Å². The zero-order chi connectivity index (χ0) is 19.4. The van der Waals surface area contributed by atoms with Crippen LogP contribution in [0.4, 0.5) is 5.95 Å². The lowest BCUT2D eigenvalue weighted by molar-refractivity contribution is 0.277. The maximum atomic E-state index is 4.70. The van der Waals surface area contributed by atoms with E-state index in [2.05, 4.69) is 29.8 Å². The fraction of sp³-hybridized carbons (Fsp3) is 0.611. The van der Waals surface area contributed by atoms with Crippen LogP contribution in [-0.2, 0) is 24.6 Å². The van der Waals surface area contributed by atoms with Gasteiger partial charge in [-0.3, -0.25) is 9.67 Å². The molecular weight excluding hydrogens is 344 g/mol. The van der Waals surface area contributed by atoms with Crippen LogP contribution in [0.25, 0.3) is 5.65 Å². The molecule has 4 rings (SSSR count). The number of aromatic nitrogens is 7. The van der Waals surface area contributed by atoms with Crippen molar-refractivity contribution in [3.63, 3.8) is 0 Å². The highest BCUT2D eigenvalue weighted by Gasteiger charge is 2.18. The Morgan fingerprint density at radius 3 is 2.41 bits per heavy atom. The summed E-state index contributed by atoms with van der Waals surface area (Å²) < 4.78 is 7.99. The second-order valence-electron chi connectivity index (χ2n) is 6.80. The van der Waals surface area contributed by atoms with Gasteiger partial charge in [0, 0.05) is 53.4 Å². The minimum Gasteiger partial charge on any atom is -0.388 e. The van der Waals surface area contributed by atoms with Crippen LogP contribution in [0.3, 0.4) is 0 Å². The second kappa shape index (κ2) is 8.43. The Kier molecular flexibility index (Phi) is 6.00. The first-order valence-corrected chi connectivity index (χ1v) is 9.26. The van der Waals surface area contributed by atoms with Crippen molar-refractivity contribution in [1.29, 1.82) is 0 Å². The smallest absolute Gasteiger partial charge is 0.244 e. The third-order valence-electron chi connectivity index (χ3n) is 4.56. The zero-order valence-electron chi connectivity index (χ0n) is 16.8. The fourth-order valence-corrected chi connectivity index (χ4v) is 3.14. The average molecular weight is 372 g/mol. The molecule has 0 radical (unpaired) electrons. The van der Waals surface area contributed by atoms with E-state index in [9.17, 15) is 0 Å². The summed E-state index contributed by atoms with van der Waals surface area (Å²) in [5.74, 6) is 2.64. The SMILES string of the molecule is COC.Cc1ncc(C)n2nc(CCc3nc(N4CCCC4)nn3C)nc12. The predicted molar refractivity (Wildman–Crippen MR) is 103 cm³/mol. The summed E-state index contributed by atoms with van der Waals surface area (Å²) in [6.45, 7) is 6.06. The van der Waals surface area contributed by atoms with Gasteiger partial charge in [-0.05, 0) is 26.7 Å². The van der Waals surface area contributed by atoms with Gasteiger partial charge in [0.25, 0.3) is 0 Å². The van der Waals surface area contributed by atoms with Gasteiger partial charge in [-0.1, -0.05) is 0 Å². The quantitative estimate of drug-likeness (QED) is 0.686. The standard InChI is InChI=1S/C16H22N8.C2H6O/c1-11-10-17-12(2)15-18-13(20-24(11)15)6-7-14-19-16(21-22(14)3)23-8-4-5-9-23;1-3-2/h10H,4-9H2,1-3H3;1-2H3. The third kappa shape index (κ3) is 4.24. The van der Waals surface area contributed by atoms with Crippen LogP contribution in [0.2, 0.25) is 0 Å². The van der Waals surface area contributed by atoms with Crippen LogP contribution >= 0.6 is 0 Å². The lowest BCUT2D eigenvalue weighted by Crippen LogP contribution is -2.19. The molecule has 1 saturated heterocycles. The first-order chi connectivity index (χ1) is 13.0. The molecule has 0 unspecified atom stereocenters. The minimum absolute atomic E-state index is 0.743. The summed E-state index contributed by atoms with van der Waals surface area (Å²) in [7, 11) is 5.21. The van der Waals surface area contributed by atoms with E-state index in [0.29, 0.717) is 0 Å². The lowest BCUT2D eigenvalue weighted by Gasteiger charge is -2.10. The van der Waals surface area contributed by atoms with E-state index in [1.54, 1.807) is 14.2 Å². The van der Waals surface area contributed by atoms with E-state index in [1.807, 2.05) is 36.3 Å². The van der Waals surface area contributed by atoms with E-state index >= 15 is 0 Å². The fourth-order valence-electron chi connectivity index (χ4n) is 3.14. The van der Waals surface area contributed by atoms with E-state index < -0.39 is 0 Å². The Morgan fingerprint density at radius 2 is 1.74 bits per heavy atom. The Bertz CT molecular complexity index is 855. The molecule has 4 heterocycles. The Labute approximate surface area is 159 Å². The van der Waals surface area contributed by atoms with Gasteiger partial charge < -0.3 is 9.64 Å². The maximum absolute atomic E-state index is 4.70. The van der Waals surface area contributed by atoms with Gasteiger partial charge in [0.2, 0.25) is 5.95 Å². The predicted octanol–water partition coefficient (Wildman–Crippen LogP) is 1.52. The summed E-state index contributed by atoms with van der Waals surface area (Å²) in [4.78, 5) is 15.9. The zero-order valence-corrected chi connectivity index (χ0v) is 16.8. The van der Waals surface area contributed by atoms with Crippen molar-refractivity contribution in [3.8, 4) is 0 Å². The van der Waals surface area contributed by atoms with Gasteiger partial charge >= 0.3 is 0 Å². The molecule has 27 heavy (non-hydrogen) atoms. The van der Waals surface area contributed by atoms with Crippen LogP contribution in [0.1, 0.15) is 35.9 Å². The third-order valence-corrected chi connectivity index (χ3v) is 4.56. The molecule has 3 aromatic rings. The van der Waals surface area contributed by atoms with Gasteiger partial charge in [-0.2, -0.15) is 10.1 Å². The van der Waals surface area contributed by atoms with Gasteiger partial charge in [-0.15, -0.1) is 5.10 Å². The lowest BCUT2D eigenvalue weighted by atomic mass is 10.3. The van der Waals surface area contributed by atoms with Crippen molar-refractivity contribution in [2.24, 2.45) is 7.05 Å². The molecule has 9 nitrogen and oxygen atoms in total.